The largest absolute Gasteiger partial charge is 0.331 e. The highest BCUT2D eigenvalue weighted by molar-refractivity contribution is 5.97. The first-order valence-corrected chi connectivity index (χ1v) is 19.0. The van der Waals surface area contributed by atoms with Crippen molar-refractivity contribution in [2.45, 2.75) is 24.8 Å². The van der Waals surface area contributed by atoms with Crippen molar-refractivity contribution >= 4 is 22.0 Å². The van der Waals surface area contributed by atoms with Crippen LogP contribution in [0.25, 0.3) is 61.6 Å². The van der Waals surface area contributed by atoms with Gasteiger partial charge in [-0.25, -0.2) is 15.0 Å². The Balaban J connectivity index is 1.03. The van der Waals surface area contributed by atoms with E-state index in [0.717, 1.165) is 47.1 Å². The lowest BCUT2D eigenvalue weighted by molar-refractivity contribution is 0.549. The molecular formula is C51H38N4. The molecule has 1 unspecified atom stereocenters. The van der Waals surface area contributed by atoms with Crippen molar-refractivity contribution in [1.82, 2.24) is 15.0 Å². The Morgan fingerprint density at radius 3 is 1.91 bits per heavy atom. The summed E-state index contributed by atoms with van der Waals surface area (Å²) in [6, 6.07) is 53.2. The van der Waals surface area contributed by atoms with Gasteiger partial charge in [0, 0.05) is 34.5 Å². The van der Waals surface area contributed by atoms with Crippen LogP contribution in [0.1, 0.15) is 24.8 Å². The molecule has 1 spiro atoms. The molecule has 4 nitrogen and oxygen atoms in total. The smallest absolute Gasteiger partial charge is 0.164 e. The highest BCUT2D eigenvalue weighted by atomic mass is 15.2. The number of benzene rings is 6. The van der Waals surface area contributed by atoms with Crippen LogP contribution in [0.2, 0.25) is 0 Å². The molecule has 55 heavy (non-hydrogen) atoms. The van der Waals surface area contributed by atoms with Gasteiger partial charge in [0.1, 0.15) is 0 Å². The second kappa shape index (κ2) is 13.8. The molecule has 6 aromatic carbocycles. The summed E-state index contributed by atoms with van der Waals surface area (Å²) in [5.41, 5.74) is 11.4. The molecule has 1 aliphatic heterocycles. The van der Waals surface area contributed by atoms with Gasteiger partial charge < -0.3 is 4.90 Å². The van der Waals surface area contributed by atoms with Crippen molar-refractivity contribution in [3.05, 3.63) is 211 Å². The van der Waals surface area contributed by atoms with Gasteiger partial charge in [-0.1, -0.05) is 176 Å². The van der Waals surface area contributed by atoms with Gasteiger partial charge in [-0.05, 0) is 69.7 Å². The van der Waals surface area contributed by atoms with Gasteiger partial charge in [-0.2, -0.15) is 0 Å². The van der Waals surface area contributed by atoms with Crippen molar-refractivity contribution in [2.75, 3.05) is 4.90 Å². The van der Waals surface area contributed by atoms with E-state index in [-0.39, 0.29) is 5.54 Å². The third-order valence-electron chi connectivity index (χ3n) is 11.0. The first kappa shape index (κ1) is 32.7. The lowest BCUT2D eigenvalue weighted by atomic mass is 9.82. The quantitative estimate of drug-likeness (QED) is 0.173. The average molecular weight is 707 g/mol. The molecule has 0 amide bonds. The molecule has 4 heteroatoms. The Bertz CT molecular complexity index is 2660. The predicted octanol–water partition coefficient (Wildman–Crippen LogP) is 12.5. The molecule has 10 rings (SSSR count). The summed E-state index contributed by atoms with van der Waals surface area (Å²) in [5.74, 6) is 1.97. The maximum atomic E-state index is 4.95. The van der Waals surface area contributed by atoms with Crippen LogP contribution in [-0.2, 0) is 0 Å². The van der Waals surface area contributed by atoms with Crippen LogP contribution in [0.3, 0.4) is 0 Å². The molecule has 1 saturated heterocycles. The summed E-state index contributed by atoms with van der Waals surface area (Å²) >= 11 is 0. The molecule has 2 heterocycles. The number of rotatable bonds is 6. The normalized spacial score (nSPS) is 17.5. The fourth-order valence-corrected chi connectivity index (χ4v) is 8.37. The van der Waals surface area contributed by atoms with E-state index in [0.29, 0.717) is 17.5 Å². The van der Waals surface area contributed by atoms with E-state index >= 15 is 0 Å². The number of anilines is 1. The molecule has 262 valence electrons. The van der Waals surface area contributed by atoms with E-state index in [1.54, 1.807) is 0 Å². The third-order valence-corrected chi connectivity index (χ3v) is 11.0. The van der Waals surface area contributed by atoms with Crippen molar-refractivity contribution in [2.24, 2.45) is 0 Å². The molecule has 0 radical (unpaired) electrons. The highest BCUT2D eigenvalue weighted by Crippen LogP contribution is 2.50. The van der Waals surface area contributed by atoms with Crippen LogP contribution in [0, 0.1) is 0 Å². The van der Waals surface area contributed by atoms with Gasteiger partial charge >= 0.3 is 0 Å². The second-order valence-corrected chi connectivity index (χ2v) is 14.5. The summed E-state index contributed by atoms with van der Waals surface area (Å²) in [5, 5.41) is 2.55. The van der Waals surface area contributed by atoms with Crippen molar-refractivity contribution in [3.63, 3.8) is 0 Å². The minimum Gasteiger partial charge on any atom is -0.331 e. The zero-order valence-electron chi connectivity index (χ0n) is 30.4. The number of allylic oxidation sites excluding steroid dienone is 7. The molecule has 0 saturated carbocycles. The third kappa shape index (κ3) is 6.12. The van der Waals surface area contributed by atoms with Gasteiger partial charge in [0.15, 0.2) is 17.5 Å². The maximum absolute atomic E-state index is 4.95. The van der Waals surface area contributed by atoms with Crippen LogP contribution in [-0.4, -0.2) is 20.5 Å². The van der Waals surface area contributed by atoms with Crippen LogP contribution in [0.15, 0.2) is 205 Å². The highest BCUT2D eigenvalue weighted by Gasteiger charge is 2.45. The van der Waals surface area contributed by atoms with Gasteiger partial charge in [-0.3, -0.25) is 0 Å². The molecule has 1 fully saturated rings. The molecule has 1 atom stereocenters. The Morgan fingerprint density at radius 1 is 0.545 bits per heavy atom. The predicted molar refractivity (Wildman–Crippen MR) is 227 cm³/mol. The van der Waals surface area contributed by atoms with Crippen LogP contribution >= 0.6 is 0 Å². The number of fused-ring (bicyclic) bond motifs is 2. The standard InChI is InChI=1S/C51H38N4/c1-4-16-38(17-5-1)48-52-49(39-18-6-2-7-19-39)54-50(53-48)40-30-28-36(29-31-40)41-22-12-24-44(33-41)55-47-27-9-3-8-20-43(47)35-51(55)32-14-23-42(34-51)46-26-13-21-37-15-10-11-25-45(37)46/h1-7,9-31,33-34H,8,32,35H2. The van der Waals surface area contributed by atoms with Gasteiger partial charge in [-0.15, -0.1) is 0 Å². The zero-order chi connectivity index (χ0) is 36.6. The summed E-state index contributed by atoms with van der Waals surface area (Å²) in [7, 11) is 0. The average Bonchev–Trinajstić information content (AvgIpc) is 3.36. The molecule has 7 aromatic rings. The Morgan fingerprint density at radius 2 is 1.16 bits per heavy atom. The lowest BCUT2D eigenvalue weighted by Crippen LogP contribution is -2.42. The summed E-state index contributed by atoms with van der Waals surface area (Å²) in [6.45, 7) is 0. The van der Waals surface area contributed by atoms with E-state index in [1.165, 1.54) is 38.9 Å². The molecule has 3 aliphatic rings. The Kier molecular flexibility index (Phi) is 8.22. The van der Waals surface area contributed by atoms with E-state index in [9.17, 15) is 0 Å². The van der Waals surface area contributed by atoms with Gasteiger partial charge in [0.2, 0.25) is 0 Å². The van der Waals surface area contributed by atoms with E-state index in [4.69, 9.17) is 15.0 Å². The fourth-order valence-electron chi connectivity index (χ4n) is 8.37. The van der Waals surface area contributed by atoms with Crippen LogP contribution in [0.5, 0.6) is 0 Å². The molecule has 1 aromatic heterocycles. The van der Waals surface area contributed by atoms with E-state index in [1.807, 2.05) is 60.7 Å². The first-order chi connectivity index (χ1) is 27.2. The molecular weight excluding hydrogens is 669 g/mol. The van der Waals surface area contributed by atoms with E-state index < -0.39 is 0 Å². The Hall–Kier alpha value is -6.91. The summed E-state index contributed by atoms with van der Waals surface area (Å²) in [6.07, 6.45) is 19.3. The number of hydrogen-bond donors (Lipinski definition) is 0. The second-order valence-electron chi connectivity index (χ2n) is 14.5. The monoisotopic (exact) mass is 706 g/mol. The van der Waals surface area contributed by atoms with Crippen molar-refractivity contribution < 1.29 is 0 Å². The molecule has 2 aliphatic carbocycles. The van der Waals surface area contributed by atoms with E-state index in [2.05, 4.69) is 138 Å². The minimum atomic E-state index is -0.224. The first-order valence-electron chi connectivity index (χ1n) is 19.0. The van der Waals surface area contributed by atoms with Crippen molar-refractivity contribution in [1.29, 1.82) is 0 Å². The number of nitrogens with zero attached hydrogens (tertiary/aromatic N) is 4. The lowest BCUT2D eigenvalue weighted by Gasteiger charge is -2.40. The SMILES string of the molecule is C1=CCC=C2CC3(C=C(c4cccc5ccccc45)C=CC3)N(c3cccc(-c4ccc(-c5nc(-c6ccccc6)nc(-c6ccccc6)n5)cc4)c3)C2=C1. The minimum absolute atomic E-state index is 0.224. The van der Waals surface area contributed by atoms with Crippen LogP contribution < -0.4 is 4.90 Å². The molecule has 0 bridgehead atoms. The summed E-state index contributed by atoms with van der Waals surface area (Å²) in [4.78, 5) is 17.4. The topological polar surface area (TPSA) is 41.9 Å². The maximum Gasteiger partial charge on any atom is 0.164 e. The molecule has 0 N–H and O–H groups in total. The van der Waals surface area contributed by atoms with Gasteiger partial charge in [0.05, 0.1) is 5.54 Å². The zero-order valence-corrected chi connectivity index (χ0v) is 30.4. The summed E-state index contributed by atoms with van der Waals surface area (Å²) < 4.78 is 0. The fraction of sp³-hybridized carbons (Fsp3) is 0.0784. The number of hydrogen-bond acceptors (Lipinski definition) is 4. The number of aromatic nitrogens is 3. The van der Waals surface area contributed by atoms with Gasteiger partial charge in [0.25, 0.3) is 0 Å². The Labute approximate surface area is 321 Å². The van der Waals surface area contributed by atoms with Crippen molar-refractivity contribution in [3.8, 4) is 45.3 Å². The van der Waals surface area contributed by atoms with Crippen LogP contribution in [0.4, 0.5) is 5.69 Å².